The molecule has 2 rings (SSSR count). The molecule has 0 radical (unpaired) electrons. The number of aromatic nitrogens is 3. The normalized spacial score (nSPS) is 11.1. The van der Waals surface area contributed by atoms with Crippen LogP contribution in [0, 0.1) is 6.92 Å². The molecule has 5 nitrogen and oxygen atoms in total. The number of rotatable bonds is 4. The van der Waals surface area contributed by atoms with Gasteiger partial charge in [0.2, 0.25) is 0 Å². The fraction of sp³-hybridized carbons (Fsp3) is 0.364. The van der Waals surface area contributed by atoms with Crippen molar-refractivity contribution in [3.05, 3.63) is 40.2 Å². The van der Waals surface area contributed by atoms with Crippen molar-refractivity contribution in [2.24, 2.45) is 0 Å². The maximum atomic E-state index is 5.02. The second-order valence-corrected chi connectivity index (χ2v) is 4.81. The Balaban J connectivity index is 1.95. The zero-order valence-electron chi connectivity index (χ0n) is 9.72. The molecule has 0 atom stereocenters. The highest BCUT2D eigenvalue weighted by Gasteiger charge is 2.08. The minimum absolute atomic E-state index is 0.692. The summed E-state index contributed by atoms with van der Waals surface area (Å²) >= 11 is 3.31. The molecule has 0 fully saturated rings. The average Bonchev–Trinajstić information content (AvgIpc) is 2.68. The third kappa shape index (κ3) is 3.34. The molecule has 6 heteroatoms. The molecule has 0 saturated carbocycles. The monoisotopic (exact) mass is 296 g/mol. The Labute approximate surface area is 108 Å². The van der Waals surface area contributed by atoms with Crippen molar-refractivity contribution in [2.75, 3.05) is 7.05 Å². The van der Waals surface area contributed by atoms with Gasteiger partial charge in [0, 0.05) is 24.5 Å². The first-order chi connectivity index (χ1) is 8.15. The molecule has 2 aromatic heterocycles. The van der Waals surface area contributed by atoms with Gasteiger partial charge in [0.25, 0.3) is 0 Å². The van der Waals surface area contributed by atoms with Gasteiger partial charge in [0.1, 0.15) is 11.6 Å². The van der Waals surface area contributed by atoms with E-state index in [0.717, 1.165) is 28.2 Å². The molecule has 90 valence electrons. The topological polar surface area (TPSA) is 55.1 Å². The van der Waals surface area contributed by atoms with Crippen LogP contribution in [0.15, 0.2) is 27.6 Å². The number of halogens is 1. The van der Waals surface area contributed by atoms with Crippen LogP contribution in [0.1, 0.15) is 17.1 Å². The molecule has 0 saturated heterocycles. The second-order valence-electron chi connectivity index (χ2n) is 3.90. The molecule has 2 heterocycles. The largest absolute Gasteiger partial charge is 0.361 e. The molecule has 0 amide bonds. The zero-order valence-corrected chi connectivity index (χ0v) is 11.3. The standard InChI is InChI=1S/C11H13BrN4O/c1-8-9(3-15-17-8)6-16(2)7-11-13-4-10(12)5-14-11/h3-5H,6-7H2,1-2H3. The average molecular weight is 297 g/mol. The van der Waals surface area contributed by atoms with E-state index in [-0.39, 0.29) is 0 Å². The maximum absolute atomic E-state index is 5.02. The first-order valence-corrected chi connectivity index (χ1v) is 5.99. The number of hydrogen-bond acceptors (Lipinski definition) is 5. The first kappa shape index (κ1) is 12.2. The number of aryl methyl sites for hydroxylation is 1. The Morgan fingerprint density at radius 1 is 1.24 bits per heavy atom. The smallest absolute Gasteiger partial charge is 0.142 e. The lowest BCUT2D eigenvalue weighted by Crippen LogP contribution is -2.18. The lowest BCUT2D eigenvalue weighted by atomic mass is 10.2. The summed E-state index contributed by atoms with van der Waals surface area (Å²) in [6.07, 6.45) is 5.25. The number of nitrogens with zero attached hydrogens (tertiary/aromatic N) is 4. The van der Waals surface area contributed by atoms with Crippen LogP contribution in [0.4, 0.5) is 0 Å². The summed E-state index contributed by atoms with van der Waals surface area (Å²) in [6, 6.07) is 0. The molecule has 0 aliphatic heterocycles. The van der Waals surface area contributed by atoms with E-state index in [2.05, 4.69) is 36.0 Å². The van der Waals surface area contributed by atoms with E-state index in [9.17, 15) is 0 Å². The van der Waals surface area contributed by atoms with Crippen LogP contribution in [-0.4, -0.2) is 27.1 Å². The van der Waals surface area contributed by atoms with Crippen molar-refractivity contribution in [1.82, 2.24) is 20.0 Å². The Morgan fingerprint density at radius 3 is 2.53 bits per heavy atom. The van der Waals surface area contributed by atoms with Crippen molar-refractivity contribution in [2.45, 2.75) is 20.0 Å². The summed E-state index contributed by atoms with van der Waals surface area (Å²) in [4.78, 5) is 10.6. The summed E-state index contributed by atoms with van der Waals surface area (Å²) < 4.78 is 5.90. The minimum Gasteiger partial charge on any atom is -0.361 e. The molecule has 0 spiro atoms. The first-order valence-electron chi connectivity index (χ1n) is 5.20. The van der Waals surface area contributed by atoms with Crippen molar-refractivity contribution in [3.63, 3.8) is 0 Å². The van der Waals surface area contributed by atoms with Gasteiger partial charge in [-0.2, -0.15) is 0 Å². The highest BCUT2D eigenvalue weighted by atomic mass is 79.9. The molecule has 0 aliphatic rings. The van der Waals surface area contributed by atoms with E-state index in [0.29, 0.717) is 6.54 Å². The fourth-order valence-corrected chi connectivity index (χ4v) is 1.68. The summed E-state index contributed by atoms with van der Waals surface area (Å²) in [7, 11) is 2.01. The molecule has 0 aromatic carbocycles. The summed E-state index contributed by atoms with van der Waals surface area (Å²) in [5.41, 5.74) is 1.09. The van der Waals surface area contributed by atoms with Crippen LogP contribution in [0.5, 0.6) is 0 Å². The van der Waals surface area contributed by atoms with Crippen molar-refractivity contribution < 1.29 is 4.52 Å². The predicted molar refractivity (Wildman–Crippen MR) is 66.1 cm³/mol. The third-order valence-corrected chi connectivity index (χ3v) is 2.79. The van der Waals surface area contributed by atoms with Crippen LogP contribution >= 0.6 is 15.9 Å². The fourth-order valence-electron chi connectivity index (χ4n) is 1.48. The van der Waals surface area contributed by atoms with E-state index in [1.165, 1.54) is 0 Å². The van der Waals surface area contributed by atoms with Gasteiger partial charge in [-0.05, 0) is 29.9 Å². The summed E-state index contributed by atoms with van der Waals surface area (Å²) in [5.74, 6) is 1.65. The van der Waals surface area contributed by atoms with Crippen molar-refractivity contribution in [1.29, 1.82) is 0 Å². The Bertz CT molecular complexity index is 482. The van der Waals surface area contributed by atoms with Crippen LogP contribution in [0.3, 0.4) is 0 Å². The molecule has 2 aromatic rings. The highest BCUT2D eigenvalue weighted by Crippen LogP contribution is 2.10. The van der Waals surface area contributed by atoms with Gasteiger partial charge in [0.15, 0.2) is 0 Å². The quantitative estimate of drug-likeness (QED) is 0.865. The van der Waals surface area contributed by atoms with E-state index < -0.39 is 0 Å². The predicted octanol–water partition coefficient (Wildman–Crippen LogP) is 2.17. The van der Waals surface area contributed by atoms with Gasteiger partial charge in [-0.15, -0.1) is 0 Å². The van der Waals surface area contributed by atoms with Crippen LogP contribution in [-0.2, 0) is 13.1 Å². The Kier molecular flexibility index (Phi) is 3.86. The Hall–Kier alpha value is -1.27. The molecule has 0 N–H and O–H groups in total. The molecular formula is C11H13BrN4O. The lowest BCUT2D eigenvalue weighted by molar-refractivity contribution is 0.307. The molecule has 0 unspecified atom stereocenters. The third-order valence-electron chi connectivity index (χ3n) is 2.38. The van der Waals surface area contributed by atoms with Gasteiger partial charge < -0.3 is 4.52 Å². The SMILES string of the molecule is Cc1oncc1CN(C)Cc1ncc(Br)cn1. The van der Waals surface area contributed by atoms with Crippen molar-refractivity contribution >= 4 is 15.9 Å². The molecule has 0 aliphatic carbocycles. The van der Waals surface area contributed by atoms with Crippen molar-refractivity contribution in [3.8, 4) is 0 Å². The van der Waals surface area contributed by atoms with Gasteiger partial charge in [-0.3, -0.25) is 4.90 Å². The zero-order chi connectivity index (χ0) is 12.3. The van der Waals surface area contributed by atoms with E-state index in [1.807, 2.05) is 14.0 Å². The summed E-state index contributed by atoms with van der Waals surface area (Å²) in [5, 5.41) is 3.75. The van der Waals surface area contributed by atoms with E-state index in [1.54, 1.807) is 18.6 Å². The lowest BCUT2D eigenvalue weighted by Gasteiger charge is -2.14. The van der Waals surface area contributed by atoms with E-state index >= 15 is 0 Å². The highest BCUT2D eigenvalue weighted by molar-refractivity contribution is 9.10. The van der Waals surface area contributed by atoms with Gasteiger partial charge in [0.05, 0.1) is 17.2 Å². The van der Waals surface area contributed by atoms with Gasteiger partial charge in [-0.1, -0.05) is 5.16 Å². The van der Waals surface area contributed by atoms with Crippen LogP contribution in [0.25, 0.3) is 0 Å². The van der Waals surface area contributed by atoms with E-state index in [4.69, 9.17) is 4.52 Å². The van der Waals surface area contributed by atoms with Gasteiger partial charge >= 0.3 is 0 Å². The second kappa shape index (κ2) is 5.37. The molecule has 0 bridgehead atoms. The number of hydrogen-bond donors (Lipinski definition) is 0. The Morgan fingerprint density at radius 2 is 1.94 bits per heavy atom. The minimum atomic E-state index is 0.692. The van der Waals surface area contributed by atoms with Gasteiger partial charge in [-0.25, -0.2) is 9.97 Å². The van der Waals surface area contributed by atoms with Crippen LogP contribution < -0.4 is 0 Å². The molecule has 17 heavy (non-hydrogen) atoms. The van der Waals surface area contributed by atoms with Crippen LogP contribution in [0.2, 0.25) is 0 Å². The molecular weight excluding hydrogens is 284 g/mol. The summed E-state index contributed by atoms with van der Waals surface area (Å²) in [6.45, 7) is 3.37. The maximum Gasteiger partial charge on any atom is 0.142 e.